The lowest BCUT2D eigenvalue weighted by Gasteiger charge is -2.32. The highest BCUT2D eigenvalue weighted by molar-refractivity contribution is 5.14. The van der Waals surface area contributed by atoms with Gasteiger partial charge in [-0.1, -0.05) is 51.7 Å². The van der Waals surface area contributed by atoms with E-state index >= 15 is 0 Å². The molecule has 0 bridgehead atoms. The van der Waals surface area contributed by atoms with Crippen molar-refractivity contribution < 1.29 is 0 Å². The van der Waals surface area contributed by atoms with Crippen molar-refractivity contribution in [2.75, 3.05) is 26.2 Å². The van der Waals surface area contributed by atoms with Crippen LogP contribution in [0.25, 0.3) is 0 Å². The minimum Gasteiger partial charge on any atom is -0.330 e. The second-order valence-corrected chi connectivity index (χ2v) is 6.59. The Morgan fingerprint density at radius 1 is 1.11 bits per heavy atom. The highest BCUT2D eigenvalue weighted by Gasteiger charge is 2.20. The highest BCUT2D eigenvalue weighted by Crippen LogP contribution is 2.30. The summed E-state index contributed by atoms with van der Waals surface area (Å²) in [5, 5.41) is 0. The first-order chi connectivity index (χ1) is 8.54. The van der Waals surface area contributed by atoms with E-state index in [0.717, 1.165) is 13.1 Å². The van der Waals surface area contributed by atoms with Gasteiger partial charge in [0, 0.05) is 13.1 Å². The Morgan fingerprint density at radius 2 is 1.78 bits per heavy atom. The van der Waals surface area contributed by atoms with Gasteiger partial charge in [-0.3, -0.25) is 4.90 Å². The maximum Gasteiger partial charge on any atom is 0.0166 e. The zero-order valence-corrected chi connectivity index (χ0v) is 12.7. The summed E-state index contributed by atoms with van der Waals surface area (Å²) in [5.74, 6) is 0. The topological polar surface area (TPSA) is 29.3 Å². The zero-order chi connectivity index (χ0) is 13.4. The average Bonchev–Trinajstić information content (AvgIpc) is 2.33. The molecule has 0 atom stereocenters. The molecular formula is C16H32N2. The highest BCUT2D eigenvalue weighted by atomic mass is 15.1. The van der Waals surface area contributed by atoms with Gasteiger partial charge in [0.15, 0.2) is 0 Å². The maximum atomic E-state index is 5.49. The molecule has 0 aromatic heterocycles. The Kier molecular flexibility index (Phi) is 6.95. The quantitative estimate of drug-likeness (QED) is 0.554. The lowest BCUT2D eigenvalue weighted by Crippen LogP contribution is -2.32. The normalized spacial score (nSPS) is 17.9. The van der Waals surface area contributed by atoms with Crippen molar-refractivity contribution in [2.45, 2.75) is 59.3 Å². The predicted octanol–water partition coefficient (Wildman–Crippen LogP) is 3.57. The third-order valence-corrected chi connectivity index (χ3v) is 3.94. The van der Waals surface area contributed by atoms with Gasteiger partial charge >= 0.3 is 0 Å². The summed E-state index contributed by atoms with van der Waals surface area (Å²) < 4.78 is 0. The van der Waals surface area contributed by atoms with Crippen LogP contribution in [0.1, 0.15) is 59.3 Å². The molecule has 1 aliphatic rings. The molecule has 0 spiro atoms. The van der Waals surface area contributed by atoms with Crippen molar-refractivity contribution in [1.29, 1.82) is 0 Å². The monoisotopic (exact) mass is 252 g/mol. The van der Waals surface area contributed by atoms with Gasteiger partial charge in [0.2, 0.25) is 0 Å². The first kappa shape index (κ1) is 15.7. The van der Waals surface area contributed by atoms with E-state index in [1.54, 1.807) is 5.57 Å². The Hall–Kier alpha value is -0.340. The second-order valence-electron chi connectivity index (χ2n) is 6.59. The summed E-state index contributed by atoms with van der Waals surface area (Å²) >= 11 is 0. The molecule has 0 fully saturated rings. The van der Waals surface area contributed by atoms with Crippen LogP contribution in [0.15, 0.2) is 11.6 Å². The van der Waals surface area contributed by atoms with Gasteiger partial charge in [0.25, 0.3) is 0 Å². The molecule has 0 radical (unpaired) electrons. The number of hydrogen-bond donors (Lipinski definition) is 1. The van der Waals surface area contributed by atoms with Crippen LogP contribution in [0.3, 0.4) is 0 Å². The van der Waals surface area contributed by atoms with Crippen molar-refractivity contribution in [3.8, 4) is 0 Å². The largest absolute Gasteiger partial charge is 0.330 e. The van der Waals surface area contributed by atoms with Gasteiger partial charge in [-0.2, -0.15) is 0 Å². The van der Waals surface area contributed by atoms with Gasteiger partial charge in [0.05, 0.1) is 0 Å². The molecule has 106 valence electrons. The van der Waals surface area contributed by atoms with Crippen LogP contribution < -0.4 is 5.73 Å². The Labute approximate surface area is 114 Å². The average molecular weight is 252 g/mol. The summed E-state index contributed by atoms with van der Waals surface area (Å²) in [5.41, 5.74) is 7.50. The van der Waals surface area contributed by atoms with E-state index in [9.17, 15) is 0 Å². The molecule has 0 amide bonds. The SMILES string of the molecule is CC(C)(C)C1=CCN(CCCCCCCN)CC1. The van der Waals surface area contributed by atoms with Gasteiger partial charge in [-0.15, -0.1) is 0 Å². The van der Waals surface area contributed by atoms with E-state index in [-0.39, 0.29) is 0 Å². The van der Waals surface area contributed by atoms with E-state index in [2.05, 4.69) is 31.7 Å². The molecule has 2 nitrogen and oxygen atoms in total. The van der Waals surface area contributed by atoms with Crippen molar-refractivity contribution in [3.05, 3.63) is 11.6 Å². The molecule has 0 saturated carbocycles. The number of hydrogen-bond acceptors (Lipinski definition) is 2. The molecule has 0 aliphatic carbocycles. The van der Waals surface area contributed by atoms with Crippen LogP contribution in [-0.2, 0) is 0 Å². The van der Waals surface area contributed by atoms with Gasteiger partial charge < -0.3 is 5.73 Å². The predicted molar refractivity (Wildman–Crippen MR) is 80.7 cm³/mol. The molecule has 2 heteroatoms. The van der Waals surface area contributed by atoms with Crippen molar-refractivity contribution in [1.82, 2.24) is 4.90 Å². The van der Waals surface area contributed by atoms with Gasteiger partial charge in [0.1, 0.15) is 0 Å². The molecule has 1 aliphatic heterocycles. The fourth-order valence-electron chi connectivity index (χ4n) is 2.61. The van der Waals surface area contributed by atoms with Crippen molar-refractivity contribution in [2.24, 2.45) is 11.1 Å². The molecule has 1 rings (SSSR count). The smallest absolute Gasteiger partial charge is 0.0166 e. The standard InChI is InChI=1S/C16H32N2/c1-16(2,3)15-9-13-18(14-10-15)12-8-6-4-5-7-11-17/h9H,4-8,10-14,17H2,1-3H3. The number of rotatable bonds is 7. The van der Waals surface area contributed by atoms with E-state index < -0.39 is 0 Å². The van der Waals surface area contributed by atoms with Gasteiger partial charge in [-0.05, 0) is 37.8 Å². The molecule has 0 aromatic rings. The number of nitrogens with two attached hydrogens (primary N) is 1. The van der Waals surface area contributed by atoms with Crippen LogP contribution in [-0.4, -0.2) is 31.1 Å². The minimum absolute atomic E-state index is 0.369. The van der Waals surface area contributed by atoms with E-state index in [1.807, 2.05) is 0 Å². The fraction of sp³-hybridized carbons (Fsp3) is 0.875. The van der Waals surface area contributed by atoms with Crippen LogP contribution in [0.2, 0.25) is 0 Å². The molecule has 18 heavy (non-hydrogen) atoms. The van der Waals surface area contributed by atoms with E-state index in [0.29, 0.717) is 5.41 Å². The summed E-state index contributed by atoms with van der Waals surface area (Å²) in [6.07, 6.45) is 10.3. The third-order valence-electron chi connectivity index (χ3n) is 3.94. The maximum absolute atomic E-state index is 5.49. The number of nitrogens with zero attached hydrogens (tertiary/aromatic N) is 1. The molecule has 0 unspecified atom stereocenters. The Balaban J connectivity index is 2.11. The van der Waals surface area contributed by atoms with E-state index in [1.165, 1.54) is 51.6 Å². The Morgan fingerprint density at radius 3 is 2.33 bits per heavy atom. The van der Waals surface area contributed by atoms with Crippen molar-refractivity contribution >= 4 is 0 Å². The summed E-state index contributed by atoms with van der Waals surface area (Å²) in [4.78, 5) is 2.60. The first-order valence-electron chi connectivity index (χ1n) is 7.66. The van der Waals surface area contributed by atoms with Gasteiger partial charge in [-0.25, -0.2) is 0 Å². The van der Waals surface area contributed by atoms with Crippen LogP contribution in [0.4, 0.5) is 0 Å². The molecule has 1 heterocycles. The lowest BCUT2D eigenvalue weighted by molar-refractivity contribution is 0.272. The summed E-state index contributed by atoms with van der Waals surface area (Å²) in [6.45, 7) is 11.5. The molecule has 2 N–H and O–H groups in total. The van der Waals surface area contributed by atoms with Crippen LogP contribution in [0.5, 0.6) is 0 Å². The molecular weight excluding hydrogens is 220 g/mol. The van der Waals surface area contributed by atoms with Crippen LogP contribution >= 0.6 is 0 Å². The lowest BCUT2D eigenvalue weighted by atomic mass is 9.83. The summed E-state index contributed by atoms with van der Waals surface area (Å²) in [7, 11) is 0. The van der Waals surface area contributed by atoms with Crippen LogP contribution in [0, 0.1) is 5.41 Å². The number of unbranched alkanes of at least 4 members (excludes halogenated alkanes) is 4. The zero-order valence-electron chi connectivity index (χ0n) is 12.7. The van der Waals surface area contributed by atoms with Crippen molar-refractivity contribution in [3.63, 3.8) is 0 Å². The first-order valence-corrected chi connectivity index (χ1v) is 7.66. The Bertz CT molecular complexity index is 250. The molecule has 0 saturated heterocycles. The minimum atomic E-state index is 0.369. The second kappa shape index (κ2) is 7.96. The van der Waals surface area contributed by atoms with E-state index in [4.69, 9.17) is 5.73 Å². The third kappa shape index (κ3) is 6.01. The fourth-order valence-corrected chi connectivity index (χ4v) is 2.61. The summed E-state index contributed by atoms with van der Waals surface area (Å²) in [6, 6.07) is 0. The molecule has 0 aromatic carbocycles.